The van der Waals surface area contributed by atoms with Crippen LogP contribution >= 0.6 is 0 Å². The highest BCUT2D eigenvalue weighted by atomic mass is 32.2. The van der Waals surface area contributed by atoms with Gasteiger partial charge in [0.25, 0.3) is 5.91 Å². The van der Waals surface area contributed by atoms with Crippen LogP contribution in [0.15, 0.2) is 24.3 Å². The quantitative estimate of drug-likeness (QED) is 0.820. The van der Waals surface area contributed by atoms with Gasteiger partial charge in [-0.25, -0.2) is 8.42 Å². The molecular formula is C17H22N2O3S. The maximum atomic E-state index is 12.5. The molecule has 5 nitrogen and oxygen atoms in total. The zero-order valence-electron chi connectivity index (χ0n) is 13.1. The van der Waals surface area contributed by atoms with Crippen LogP contribution in [0.2, 0.25) is 0 Å². The molecular weight excluding hydrogens is 312 g/mol. The molecule has 3 aliphatic heterocycles. The maximum Gasteiger partial charge on any atom is 0.253 e. The van der Waals surface area contributed by atoms with Crippen molar-refractivity contribution in [3.05, 3.63) is 29.8 Å². The molecule has 124 valence electrons. The van der Waals surface area contributed by atoms with Gasteiger partial charge < -0.3 is 9.80 Å². The summed E-state index contributed by atoms with van der Waals surface area (Å²) in [6.07, 6.45) is 2.76. The monoisotopic (exact) mass is 334 g/mol. The first kappa shape index (κ1) is 15.0. The number of benzene rings is 1. The van der Waals surface area contributed by atoms with E-state index < -0.39 is 9.84 Å². The number of fused-ring (bicyclic) bond motifs is 2. The molecule has 4 aliphatic rings. The maximum absolute atomic E-state index is 12.5. The Kier molecular flexibility index (Phi) is 3.59. The van der Waals surface area contributed by atoms with Gasteiger partial charge in [-0.1, -0.05) is 0 Å². The summed E-state index contributed by atoms with van der Waals surface area (Å²) in [5.41, 5.74) is 1.84. The molecule has 3 heterocycles. The van der Waals surface area contributed by atoms with E-state index in [4.69, 9.17) is 0 Å². The average molecular weight is 334 g/mol. The van der Waals surface area contributed by atoms with E-state index in [2.05, 4.69) is 4.90 Å². The van der Waals surface area contributed by atoms with Crippen molar-refractivity contribution in [1.29, 1.82) is 0 Å². The van der Waals surface area contributed by atoms with Crippen molar-refractivity contribution < 1.29 is 13.2 Å². The van der Waals surface area contributed by atoms with E-state index in [0.717, 1.165) is 24.9 Å². The van der Waals surface area contributed by atoms with E-state index in [0.29, 0.717) is 18.7 Å². The molecule has 0 spiro atoms. The second-order valence-electron chi connectivity index (χ2n) is 7.10. The normalized spacial score (nSPS) is 29.0. The van der Waals surface area contributed by atoms with Crippen LogP contribution in [0.5, 0.6) is 0 Å². The molecule has 3 saturated heterocycles. The van der Waals surface area contributed by atoms with E-state index in [1.165, 1.54) is 18.5 Å². The summed E-state index contributed by atoms with van der Waals surface area (Å²) in [5, 5.41) is 0. The first-order valence-corrected chi connectivity index (χ1v) is 10.2. The van der Waals surface area contributed by atoms with Crippen molar-refractivity contribution in [2.45, 2.75) is 12.8 Å². The van der Waals surface area contributed by atoms with E-state index in [1.54, 1.807) is 4.90 Å². The predicted molar refractivity (Wildman–Crippen MR) is 89.4 cm³/mol. The molecule has 6 heteroatoms. The lowest BCUT2D eigenvalue weighted by Crippen LogP contribution is -2.48. The third-order valence-electron chi connectivity index (χ3n) is 5.40. The molecule has 0 N–H and O–H groups in total. The Labute approximate surface area is 137 Å². The van der Waals surface area contributed by atoms with Gasteiger partial charge in [0.15, 0.2) is 9.84 Å². The number of amides is 1. The van der Waals surface area contributed by atoms with Crippen LogP contribution in [0.4, 0.5) is 5.69 Å². The number of piperidine rings is 2. The fourth-order valence-electron chi connectivity index (χ4n) is 3.99. The number of sulfone groups is 1. The average Bonchev–Trinajstić information content (AvgIpc) is 2.54. The van der Waals surface area contributed by atoms with Gasteiger partial charge in [0.2, 0.25) is 0 Å². The Morgan fingerprint density at radius 3 is 2.09 bits per heavy atom. The molecule has 1 aromatic rings. The van der Waals surface area contributed by atoms with Crippen molar-refractivity contribution in [3.8, 4) is 0 Å². The van der Waals surface area contributed by atoms with Gasteiger partial charge in [-0.05, 0) is 48.9 Å². The highest BCUT2D eigenvalue weighted by Gasteiger charge is 2.37. The zero-order valence-corrected chi connectivity index (χ0v) is 14.0. The van der Waals surface area contributed by atoms with Gasteiger partial charge in [-0.2, -0.15) is 0 Å². The van der Waals surface area contributed by atoms with Crippen molar-refractivity contribution in [2.24, 2.45) is 11.8 Å². The molecule has 0 atom stereocenters. The highest BCUT2D eigenvalue weighted by molar-refractivity contribution is 7.91. The highest BCUT2D eigenvalue weighted by Crippen LogP contribution is 2.41. The topological polar surface area (TPSA) is 57.7 Å². The Morgan fingerprint density at radius 2 is 1.52 bits per heavy atom. The molecule has 23 heavy (non-hydrogen) atoms. The Morgan fingerprint density at radius 1 is 0.957 bits per heavy atom. The number of nitrogens with zero attached hydrogens (tertiary/aromatic N) is 2. The van der Waals surface area contributed by atoms with Crippen molar-refractivity contribution in [2.75, 3.05) is 42.6 Å². The smallest absolute Gasteiger partial charge is 0.253 e. The Hall–Kier alpha value is -1.56. The number of anilines is 1. The standard InChI is InChI=1S/C17H22N2O3S/c20-17(18-5-7-23(21,22)8-6-18)15-1-3-16(4-2-15)19-11-13-9-14(10-13)12-19/h1-4,13-14H,5-12H2. The van der Waals surface area contributed by atoms with Gasteiger partial charge in [0.1, 0.15) is 0 Å². The third-order valence-corrected chi connectivity index (χ3v) is 7.01. The molecule has 0 unspecified atom stereocenters. The fourth-order valence-corrected chi connectivity index (χ4v) is 5.19. The number of carbonyl (C=O) groups excluding carboxylic acids is 1. The number of hydrogen-bond donors (Lipinski definition) is 0. The second-order valence-corrected chi connectivity index (χ2v) is 9.40. The summed E-state index contributed by atoms with van der Waals surface area (Å²) in [4.78, 5) is 16.5. The number of hydrogen-bond acceptors (Lipinski definition) is 4. The Balaban J connectivity index is 1.42. The molecule has 1 amide bonds. The van der Waals surface area contributed by atoms with E-state index >= 15 is 0 Å². The molecule has 0 radical (unpaired) electrons. The molecule has 1 saturated carbocycles. The van der Waals surface area contributed by atoms with Crippen molar-refractivity contribution in [3.63, 3.8) is 0 Å². The van der Waals surface area contributed by atoms with E-state index in [1.807, 2.05) is 24.3 Å². The minimum atomic E-state index is -2.95. The van der Waals surface area contributed by atoms with Gasteiger partial charge in [-0.15, -0.1) is 0 Å². The van der Waals surface area contributed by atoms with Gasteiger partial charge in [0, 0.05) is 37.4 Å². The summed E-state index contributed by atoms with van der Waals surface area (Å²) < 4.78 is 22.9. The molecule has 0 aromatic heterocycles. The van der Waals surface area contributed by atoms with Gasteiger partial charge in [0.05, 0.1) is 11.5 Å². The summed E-state index contributed by atoms with van der Waals surface area (Å²) in [5.74, 6) is 1.80. The van der Waals surface area contributed by atoms with Crippen LogP contribution in [-0.2, 0) is 9.84 Å². The van der Waals surface area contributed by atoms with Crippen LogP contribution in [0.1, 0.15) is 23.2 Å². The van der Waals surface area contributed by atoms with Crippen LogP contribution in [0.3, 0.4) is 0 Å². The lowest BCUT2D eigenvalue weighted by Gasteiger charge is -2.48. The zero-order chi connectivity index (χ0) is 16.0. The SMILES string of the molecule is O=C(c1ccc(N2CC3CC(C3)C2)cc1)N1CCS(=O)(=O)CC1. The third kappa shape index (κ3) is 2.96. The minimum Gasteiger partial charge on any atom is -0.371 e. The fraction of sp³-hybridized carbons (Fsp3) is 0.588. The second kappa shape index (κ2) is 5.51. The summed E-state index contributed by atoms with van der Waals surface area (Å²) in [6.45, 7) is 2.87. The lowest BCUT2D eigenvalue weighted by atomic mass is 9.71. The first-order chi connectivity index (χ1) is 11.0. The predicted octanol–water partition coefficient (Wildman–Crippen LogP) is 1.40. The Bertz CT molecular complexity index is 684. The van der Waals surface area contributed by atoms with Crippen molar-refractivity contribution in [1.82, 2.24) is 4.90 Å². The van der Waals surface area contributed by atoms with E-state index in [9.17, 15) is 13.2 Å². The summed E-state index contributed by atoms with van der Waals surface area (Å²) in [7, 11) is -2.95. The van der Waals surface area contributed by atoms with Gasteiger partial charge >= 0.3 is 0 Å². The van der Waals surface area contributed by atoms with Crippen LogP contribution in [0.25, 0.3) is 0 Å². The molecule has 5 rings (SSSR count). The largest absolute Gasteiger partial charge is 0.371 e. The summed E-state index contributed by atoms with van der Waals surface area (Å²) >= 11 is 0. The lowest BCUT2D eigenvalue weighted by molar-refractivity contribution is 0.0770. The van der Waals surface area contributed by atoms with Gasteiger partial charge in [-0.3, -0.25) is 4.79 Å². The molecule has 2 bridgehead atoms. The minimum absolute atomic E-state index is 0.0621. The van der Waals surface area contributed by atoms with Crippen molar-refractivity contribution >= 4 is 21.4 Å². The van der Waals surface area contributed by atoms with Crippen LogP contribution in [-0.4, -0.2) is 56.9 Å². The number of rotatable bonds is 2. The first-order valence-electron chi connectivity index (χ1n) is 8.35. The molecule has 4 fully saturated rings. The van der Waals surface area contributed by atoms with E-state index in [-0.39, 0.29) is 17.4 Å². The van der Waals surface area contributed by atoms with Crippen LogP contribution in [0, 0.1) is 11.8 Å². The summed E-state index contributed by atoms with van der Waals surface area (Å²) in [6, 6.07) is 7.80. The molecule has 1 aliphatic carbocycles. The van der Waals surface area contributed by atoms with Crippen LogP contribution < -0.4 is 4.90 Å². The number of carbonyl (C=O) groups is 1. The molecule has 1 aromatic carbocycles.